The molecular weight excluding hydrogens is 338 g/mol. The minimum atomic E-state index is -0.712. The van der Waals surface area contributed by atoms with Crippen molar-refractivity contribution in [3.63, 3.8) is 0 Å². The van der Waals surface area contributed by atoms with Gasteiger partial charge in [0.15, 0.2) is 0 Å². The van der Waals surface area contributed by atoms with Crippen molar-refractivity contribution in [3.05, 3.63) is 72.1 Å². The minimum Gasteiger partial charge on any atom is -0.487 e. The van der Waals surface area contributed by atoms with Gasteiger partial charge < -0.3 is 9.84 Å². The van der Waals surface area contributed by atoms with Crippen molar-refractivity contribution in [2.45, 2.75) is 45.1 Å². The standard InChI is InChI=1S/C23H25NO3/c25-23(26)14-4-2-1-3-9-18-10-7-8-13-22(18)27-17-21-15-19-11-5-6-12-20(19)16-24-21/h5-8,10-13,15-16H,1-4,9,14,17H2,(H,25,26). The molecule has 0 aliphatic heterocycles. The Labute approximate surface area is 159 Å². The quantitative estimate of drug-likeness (QED) is 0.491. The molecule has 0 saturated carbocycles. The molecular formula is C23H25NO3. The maximum absolute atomic E-state index is 10.5. The number of aromatic nitrogens is 1. The fourth-order valence-corrected chi connectivity index (χ4v) is 3.16. The van der Waals surface area contributed by atoms with Crippen LogP contribution in [0, 0.1) is 0 Å². The number of benzene rings is 2. The first-order valence-corrected chi connectivity index (χ1v) is 9.48. The van der Waals surface area contributed by atoms with E-state index >= 15 is 0 Å². The first kappa shape index (κ1) is 18.9. The van der Waals surface area contributed by atoms with Crippen LogP contribution < -0.4 is 4.74 Å². The van der Waals surface area contributed by atoms with E-state index in [4.69, 9.17) is 9.84 Å². The lowest BCUT2D eigenvalue weighted by molar-refractivity contribution is -0.137. The Morgan fingerprint density at radius 3 is 2.52 bits per heavy atom. The number of carbonyl (C=O) groups is 1. The number of ether oxygens (including phenoxy) is 1. The number of unbranched alkanes of at least 4 members (excludes halogenated alkanes) is 3. The molecule has 2 aromatic carbocycles. The Morgan fingerprint density at radius 2 is 1.67 bits per heavy atom. The number of carboxylic acid groups (broad SMARTS) is 1. The third kappa shape index (κ3) is 5.81. The molecule has 0 radical (unpaired) electrons. The maximum atomic E-state index is 10.5. The summed E-state index contributed by atoms with van der Waals surface area (Å²) < 4.78 is 6.04. The van der Waals surface area contributed by atoms with Gasteiger partial charge in [0.25, 0.3) is 0 Å². The second-order valence-electron chi connectivity index (χ2n) is 6.73. The van der Waals surface area contributed by atoms with Gasteiger partial charge in [-0.3, -0.25) is 9.78 Å². The maximum Gasteiger partial charge on any atom is 0.303 e. The average molecular weight is 363 g/mol. The fraction of sp³-hybridized carbons (Fsp3) is 0.304. The molecule has 0 fully saturated rings. The average Bonchev–Trinajstić information content (AvgIpc) is 2.69. The first-order valence-electron chi connectivity index (χ1n) is 9.48. The van der Waals surface area contributed by atoms with Crippen LogP contribution in [-0.2, 0) is 17.8 Å². The van der Waals surface area contributed by atoms with Gasteiger partial charge in [-0.2, -0.15) is 0 Å². The minimum absolute atomic E-state index is 0.262. The molecule has 0 aliphatic carbocycles. The highest BCUT2D eigenvalue weighted by Gasteiger charge is 2.05. The number of aliphatic carboxylic acids is 1. The molecule has 0 atom stereocenters. The van der Waals surface area contributed by atoms with Crippen molar-refractivity contribution in [1.29, 1.82) is 0 Å². The van der Waals surface area contributed by atoms with Crippen LogP contribution in [0.15, 0.2) is 60.8 Å². The zero-order chi connectivity index (χ0) is 18.9. The summed E-state index contributed by atoms with van der Waals surface area (Å²) in [6.45, 7) is 0.445. The summed E-state index contributed by atoms with van der Waals surface area (Å²) in [6.07, 6.45) is 6.86. The Hall–Kier alpha value is -2.88. The third-order valence-electron chi connectivity index (χ3n) is 4.62. The molecule has 0 bridgehead atoms. The van der Waals surface area contributed by atoms with Gasteiger partial charge in [0.05, 0.1) is 5.69 Å². The monoisotopic (exact) mass is 363 g/mol. The van der Waals surface area contributed by atoms with E-state index < -0.39 is 5.97 Å². The number of hydrogen-bond acceptors (Lipinski definition) is 3. The Bertz CT molecular complexity index is 891. The van der Waals surface area contributed by atoms with Crippen LogP contribution in [0.3, 0.4) is 0 Å². The molecule has 1 N–H and O–H groups in total. The van der Waals surface area contributed by atoms with Crippen molar-refractivity contribution >= 4 is 16.7 Å². The molecule has 3 rings (SSSR count). The largest absolute Gasteiger partial charge is 0.487 e. The number of fused-ring (bicyclic) bond motifs is 1. The van der Waals surface area contributed by atoms with Gasteiger partial charge in [-0.05, 0) is 42.3 Å². The predicted octanol–water partition coefficient (Wildman–Crippen LogP) is 5.39. The molecule has 1 aromatic heterocycles. The molecule has 4 heteroatoms. The van der Waals surface area contributed by atoms with Crippen LogP contribution in [0.4, 0.5) is 0 Å². The molecule has 4 nitrogen and oxygen atoms in total. The summed E-state index contributed by atoms with van der Waals surface area (Å²) in [5.74, 6) is 0.189. The van der Waals surface area contributed by atoms with Crippen molar-refractivity contribution in [2.24, 2.45) is 0 Å². The van der Waals surface area contributed by atoms with Crippen LogP contribution in [0.5, 0.6) is 5.75 Å². The summed E-state index contributed by atoms with van der Waals surface area (Å²) in [5, 5.41) is 11.0. The molecule has 140 valence electrons. The third-order valence-corrected chi connectivity index (χ3v) is 4.62. The van der Waals surface area contributed by atoms with Crippen LogP contribution in [0.25, 0.3) is 10.8 Å². The second kappa shape index (κ2) is 9.72. The highest BCUT2D eigenvalue weighted by atomic mass is 16.5. The summed E-state index contributed by atoms with van der Waals surface area (Å²) in [4.78, 5) is 15.0. The fourth-order valence-electron chi connectivity index (χ4n) is 3.16. The van der Waals surface area contributed by atoms with Gasteiger partial charge in [-0.15, -0.1) is 0 Å². The van der Waals surface area contributed by atoms with Crippen molar-refractivity contribution in [3.8, 4) is 5.75 Å². The summed E-state index contributed by atoms with van der Waals surface area (Å²) in [6, 6.07) is 18.4. The van der Waals surface area contributed by atoms with E-state index in [1.54, 1.807) is 0 Å². The molecule has 0 unspecified atom stereocenters. The Kier molecular flexibility index (Phi) is 6.80. The molecule has 27 heavy (non-hydrogen) atoms. The van der Waals surface area contributed by atoms with E-state index in [-0.39, 0.29) is 6.42 Å². The zero-order valence-corrected chi connectivity index (χ0v) is 15.4. The van der Waals surface area contributed by atoms with Gasteiger partial charge in [0.1, 0.15) is 12.4 Å². The van der Waals surface area contributed by atoms with E-state index in [0.717, 1.165) is 48.9 Å². The van der Waals surface area contributed by atoms with Crippen molar-refractivity contribution < 1.29 is 14.6 Å². The number of rotatable bonds is 10. The number of para-hydroxylation sites is 1. The van der Waals surface area contributed by atoms with Crippen LogP contribution in [0.2, 0.25) is 0 Å². The normalized spacial score (nSPS) is 10.8. The zero-order valence-electron chi connectivity index (χ0n) is 15.4. The number of nitrogens with zero attached hydrogens (tertiary/aromatic N) is 1. The highest BCUT2D eigenvalue weighted by molar-refractivity contribution is 5.81. The molecule has 0 spiro atoms. The second-order valence-corrected chi connectivity index (χ2v) is 6.73. The number of pyridine rings is 1. The van der Waals surface area contributed by atoms with Crippen LogP contribution in [0.1, 0.15) is 43.4 Å². The first-order chi connectivity index (χ1) is 13.2. The molecule has 0 aliphatic rings. The summed E-state index contributed by atoms with van der Waals surface area (Å²) >= 11 is 0. The molecule has 0 saturated heterocycles. The predicted molar refractivity (Wildman–Crippen MR) is 107 cm³/mol. The van der Waals surface area contributed by atoms with E-state index in [1.807, 2.05) is 36.5 Å². The van der Waals surface area contributed by atoms with Gasteiger partial charge in [-0.25, -0.2) is 0 Å². The van der Waals surface area contributed by atoms with Crippen LogP contribution >= 0.6 is 0 Å². The molecule has 3 aromatic rings. The van der Waals surface area contributed by atoms with Crippen molar-refractivity contribution in [2.75, 3.05) is 0 Å². The number of aryl methyl sites for hydroxylation is 1. The van der Waals surface area contributed by atoms with E-state index in [2.05, 4.69) is 29.2 Å². The number of carboxylic acids is 1. The van der Waals surface area contributed by atoms with Crippen LogP contribution in [-0.4, -0.2) is 16.1 Å². The topological polar surface area (TPSA) is 59.4 Å². The van der Waals surface area contributed by atoms with Gasteiger partial charge in [-0.1, -0.05) is 55.3 Å². The summed E-state index contributed by atoms with van der Waals surface area (Å²) in [7, 11) is 0. The van der Waals surface area contributed by atoms with E-state index in [0.29, 0.717) is 6.61 Å². The Balaban J connectivity index is 1.53. The van der Waals surface area contributed by atoms with Crippen molar-refractivity contribution in [1.82, 2.24) is 4.98 Å². The number of hydrogen-bond donors (Lipinski definition) is 1. The van der Waals surface area contributed by atoms with Gasteiger partial charge in [0, 0.05) is 18.0 Å². The molecule has 0 amide bonds. The van der Waals surface area contributed by atoms with E-state index in [1.165, 1.54) is 10.9 Å². The highest BCUT2D eigenvalue weighted by Crippen LogP contribution is 2.22. The van der Waals surface area contributed by atoms with Gasteiger partial charge >= 0.3 is 5.97 Å². The lowest BCUT2D eigenvalue weighted by atomic mass is 10.0. The van der Waals surface area contributed by atoms with Gasteiger partial charge in [0.2, 0.25) is 0 Å². The SMILES string of the molecule is O=C(O)CCCCCCc1ccccc1OCc1cc2ccccc2cn1. The van der Waals surface area contributed by atoms with E-state index in [9.17, 15) is 4.79 Å². The Morgan fingerprint density at radius 1 is 0.926 bits per heavy atom. The molecule has 1 heterocycles. The lowest BCUT2D eigenvalue weighted by Gasteiger charge is -2.11. The smallest absolute Gasteiger partial charge is 0.303 e. The lowest BCUT2D eigenvalue weighted by Crippen LogP contribution is -2.01. The summed E-state index contributed by atoms with van der Waals surface area (Å²) in [5.41, 5.74) is 2.11.